The molecular weight excluding hydrogens is 368 g/mol. The third-order valence-electron chi connectivity index (χ3n) is 5.00. The maximum atomic E-state index is 12.1. The van der Waals surface area contributed by atoms with Crippen molar-refractivity contribution in [3.63, 3.8) is 0 Å². The maximum Gasteiger partial charge on any atom is 0.319 e. The number of carbonyl (C=O) groups is 1. The van der Waals surface area contributed by atoms with Gasteiger partial charge in [0.15, 0.2) is 0 Å². The Balaban J connectivity index is 1.41. The quantitative estimate of drug-likeness (QED) is 0.663. The first-order chi connectivity index (χ1) is 14.2. The van der Waals surface area contributed by atoms with Crippen LogP contribution in [0.1, 0.15) is 37.9 Å². The minimum atomic E-state index is -0.214. The molecule has 0 radical (unpaired) electrons. The van der Waals surface area contributed by atoms with Gasteiger partial charge < -0.3 is 20.3 Å². The van der Waals surface area contributed by atoms with Gasteiger partial charge in [-0.15, -0.1) is 0 Å². The number of amides is 2. The summed E-state index contributed by atoms with van der Waals surface area (Å²) in [6.45, 7) is 6.04. The monoisotopic (exact) mass is 398 g/mol. The average Bonchev–Trinajstić information content (AvgIpc) is 2.75. The number of unbranched alkanes of at least 4 members (excludes halogenated alkanes) is 1. The first kappa shape index (κ1) is 21.0. The van der Waals surface area contributed by atoms with E-state index in [2.05, 4.69) is 30.5 Å². The zero-order valence-corrected chi connectivity index (χ0v) is 17.3. The second kappa shape index (κ2) is 10.7. The molecule has 8 nitrogen and oxygen atoms in total. The van der Waals surface area contributed by atoms with Crippen LogP contribution in [0, 0.1) is 6.92 Å². The lowest BCUT2D eigenvalue weighted by molar-refractivity contribution is 0.224. The van der Waals surface area contributed by atoms with Gasteiger partial charge in [-0.1, -0.05) is 6.42 Å². The number of anilines is 1. The number of likely N-dealkylation sites (tertiary alicyclic amines) is 1. The molecule has 0 saturated carbocycles. The number of hydrogen-bond acceptors (Lipinski definition) is 6. The van der Waals surface area contributed by atoms with Crippen molar-refractivity contribution in [1.29, 1.82) is 0 Å². The molecule has 29 heavy (non-hydrogen) atoms. The highest BCUT2D eigenvalue weighted by Crippen LogP contribution is 2.26. The minimum absolute atomic E-state index is 0.214. The molecule has 1 fully saturated rings. The Morgan fingerprint density at radius 2 is 1.97 bits per heavy atom. The molecule has 1 aliphatic heterocycles. The number of aromatic nitrogens is 3. The number of nitrogens with zero attached hydrogens (tertiary/aromatic N) is 4. The van der Waals surface area contributed by atoms with E-state index in [0.29, 0.717) is 35.2 Å². The topological polar surface area (TPSA) is 92.3 Å². The van der Waals surface area contributed by atoms with Gasteiger partial charge in [-0.05, 0) is 64.4 Å². The SMILES string of the molecule is COc1nc(C)ncc1-c1ccc(NC(=O)NCCCCN2CCCCC2)cn1. The lowest BCUT2D eigenvalue weighted by Gasteiger charge is -2.26. The van der Waals surface area contributed by atoms with Gasteiger partial charge in [0.25, 0.3) is 0 Å². The summed E-state index contributed by atoms with van der Waals surface area (Å²) in [5, 5.41) is 5.72. The second-order valence-corrected chi connectivity index (χ2v) is 7.26. The molecule has 0 aromatic carbocycles. The predicted octanol–water partition coefficient (Wildman–Crippen LogP) is 3.24. The van der Waals surface area contributed by atoms with Gasteiger partial charge in [-0.25, -0.2) is 9.78 Å². The van der Waals surface area contributed by atoms with E-state index in [0.717, 1.165) is 19.4 Å². The molecule has 8 heteroatoms. The molecule has 2 aromatic rings. The molecule has 3 heterocycles. The summed E-state index contributed by atoms with van der Waals surface area (Å²) in [5.74, 6) is 1.12. The number of urea groups is 1. The van der Waals surface area contributed by atoms with Gasteiger partial charge in [0, 0.05) is 12.7 Å². The highest BCUT2D eigenvalue weighted by Gasteiger charge is 2.11. The Bertz CT molecular complexity index is 790. The molecule has 3 rings (SSSR count). The van der Waals surface area contributed by atoms with E-state index < -0.39 is 0 Å². The van der Waals surface area contributed by atoms with E-state index in [1.54, 1.807) is 32.5 Å². The summed E-state index contributed by atoms with van der Waals surface area (Å²) in [5.41, 5.74) is 2.03. The third kappa shape index (κ3) is 6.39. The lowest BCUT2D eigenvalue weighted by atomic mass is 10.1. The lowest BCUT2D eigenvalue weighted by Crippen LogP contribution is -2.32. The summed E-state index contributed by atoms with van der Waals surface area (Å²) in [4.78, 5) is 27.4. The van der Waals surface area contributed by atoms with E-state index >= 15 is 0 Å². The van der Waals surface area contributed by atoms with Crippen molar-refractivity contribution < 1.29 is 9.53 Å². The molecule has 0 unspecified atom stereocenters. The fourth-order valence-corrected chi connectivity index (χ4v) is 3.43. The van der Waals surface area contributed by atoms with Crippen LogP contribution < -0.4 is 15.4 Å². The van der Waals surface area contributed by atoms with Gasteiger partial charge in [0.05, 0.1) is 30.3 Å². The maximum absolute atomic E-state index is 12.1. The Kier molecular flexibility index (Phi) is 7.75. The number of rotatable bonds is 8. The van der Waals surface area contributed by atoms with Crippen molar-refractivity contribution in [2.45, 2.75) is 39.0 Å². The first-order valence-electron chi connectivity index (χ1n) is 10.3. The summed E-state index contributed by atoms with van der Waals surface area (Å²) >= 11 is 0. The van der Waals surface area contributed by atoms with Gasteiger partial charge >= 0.3 is 6.03 Å². The van der Waals surface area contributed by atoms with Crippen LogP contribution in [0.2, 0.25) is 0 Å². The van der Waals surface area contributed by atoms with Gasteiger partial charge in [0.2, 0.25) is 5.88 Å². The fraction of sp³-hybridized carbons (Fsp3) is 0.524. The number of ether oxygens (including phenoxy) is 1. The van der Waals surface area contributed by atoms with Crippen LogP contribution in [0.3, 0.4) is 0 Å². The highest BCUT2D eigenvalue weighted by molar-refractivity contribution is 5.89. The van der Waals surface area contributed by atoms with E-state index in [9.17, 15) is 4.79 Å². The Morgan fingerprint density at radius 3 is 2.69 bits per heavy atom. The number of carbonyl (C=O) groups excluding carboxylic acids is 1. The minimum Gasteiger partial charge on any atom is -0.480 e. The van der Waals surface area contributed by atoms with Gasteiger partial charge in [-0.2, -0.15) is 4.98 Å². The van der Waals surface area contributed by atoms with Crippen molar-refractivity contribution >= 4 is 11.7 Å². The molecule has 0 spiro atoms. The van der Waals surface area contributed by atoms with Crippen LogP contribution in [0.5, 0.6) is 5.88 Å². The molecule has 156 valence electrons. The standard InChI is InChI=1S/C21H30N6O2/c1-16-23-15-18(20(25-16)29-2)19-9-8-17(14-24-19)26-21(28)22-10-4-7-13-27-11-5-3-6-12-27/h8-9,14-15H,3-7,10-13H2,1-2H3,(H2,22,26,28). The van der Waals surface area contributed by atoms with Gasteiger partial charge in [-0.3, -0.25) is 4.98 Å². The normalized spacial score (nSPS) is 14.4. The highest BCUT2D eigenvalue weighted by atomic mass is 16.5. The zero-order valence-electron chi connectivity index (χ0n) is 17.3. The van der Waals surface area contributed by atoms with Gasteiger partial charge in [0.1, 0.15) is 5.82 Å². The summed E-state index contributed by atoms with van der Waals surface area (Å²) in [6.07, 6.45) is 9.39. The van der Waals surface area contributed by atoms with Crippen molar-refractivity contribution in [3.8, 4) is 17.1 Å². The summed E-state index contributed by atoms with van der Waals surface area (Å²) in [6, 6.07) is 3.40. The number of methoxy groups -OCH3 is 1. The number of nitrogens with one attached hydrogen (secondary N) is 2. The van der Waals surface area contributed by atoms with Crippen molar-refractivity contribution in [2.24, 2.45) is 0 Å². The van der Waals surface area contributed by atoms with E-state index in [1.807, 2.05) is 6.07 Å². The molecule has 1 saturated heterocycles. The largest absolute Gasteiger partial charge is 0.480 e. The third-order valence-corrected chi connectivity index (χ3v) is 5.00. The predicted molar refractivity (Wildman–Crippen MR) is 113 cm³/mol. The van der Waals surface area contributed by atoms with Crippen LogP contribution in [-0.4, -0.2) is 59.2 Å². The van der Waals surface area contributed by atoms with Crippen LogP contribution in [-0.2, 0) is 0 Å². The number of pyridine rings is 1. The number of piperidine rings is 1. The second-order valence-electron chi connectivity index (χ2n) is 7.26. The Morgan fingerprint density at radius 1 is 1.14 bits per heavy atom. The molecule has 2 amide bonds. The molecular formula is C21H30N6O2. The Hall–Kier alpha value is -2.74. The van der Waals surface area contributed by atoms with Crippen LogP contribution in [0.25, 0.3) is 11.3 Å². The molecule has 0 aliphatic carbocycles. The number of hydrogen-bond donors (Lipinski definition) is 2. The zero-order chi connectivity index (χ0) is 20.5. The molecule has 0 bridgehead atoms. The summed E-state index contributed by atoms with van der Waals surface area (Å²) in [7, 11) is 1.57. The Labute approximate surface area is 172 Å². The van der Waals surface area contributed by atoms with E-state index in [-0.39, 0.29) is 6.03 Å². The number of aryl methyl sites for hydroxylation is 1. The van der Waals surface area contributed by atoms with E-state index in [1.165, 1.54) is 32.4 Å². The molecule has 2 aromatic heterocycles. The molecule has 1 aliphatic rings. The van der Waals surface area contributed by atoms with Crippen molar-refractivity contribution in [3.05, 3.63) is 30.4 Å². The van der Waals surface area contributed by atoms with Crippen LogP contribution in [0.15, 0.2) is 24.5 Å². The van der Waals surface area contributed by atoms with Crippen LogP contribution in [0.4, 0.5) is 10.5 Å². The molecule has 2 N–H and O–H groups in total. The summed E-state index contributed by atoms with van der Waals surface area (Å²) < 4.78 is 5.30. The smallest absolute Gasteiger partial charge is 0.319 e. The fourth-order valence-electron chi connectivity index (χ4n) is 3.43. The van der Waals surface area contributed by atoms with Crippen molar-refractivity contribution in [2.75, 3.05) is 38.6 Å². The molecule has 0 atom stereocenters. The first-order valence-corrected chi connectivity index (χ1v) is 10.3. The average molecular weight is 399 g/mol. The van der Waals surface area contributed by atoms with Crippen molar-refractivity contribution in [1.82, 2.24) is 25.2 Å². The van der Waals surface area contributed by atoms with Crippen LogP contribution >= 0.6 is 0 Å². The van der Waals surface area contributed by atoms with E-state index in [4.69, 9.17) is 4.74 Å².